The molecule has 1 amide bonds. The monoisotopic (exact) mass is 488 g/mol. The molecule has 178 valence electrons. The first-order chi connectivity index (χ1) is 15.9. The summed E-state index contributed by atoms with van der Waals surface area (Å²) in [7, 11) is 0. The Bertz CT molecular complexity index is 1040. The van der Waals surface area contributed by atoms with Crippen LogP contribution in [0.4, 0.5) is 5.82 Å². The maximum absolute atomic E-state index is 13.2. The number of morpholine rings is 1. The number of anilines is 1. The molecule has 9 heteroatoms. The van der Waals surface area contributed by atoms with Crippen molar-refractivity contribution >= 4 is 46.1 Å². The van der Waals surface area contributed by atoms with Crippen LogP contribution in [0.5, 0.6) is 0 Å². The fourth-order valence-electron chi connectivity index (χ4n) is 4.25. The third-order valence-electron chi connectivity index (χ3n) is 6.11. The van der Waals surface area contributed by atoms with E-state index >= 15 is 0 Å². The van der Waals surface area contributed by atoms with E-state index in [0.717, 1.165) is 24.2 Å². The van der Waals surface area contributed by atoms with Crippen molar-refractivity contribution in [2.24, 2.45) is 0 Å². The van der Waals surface area contributed by atoms with Gasteiger partial charge in [0.15, 0.2) is 0 Å². The summed E-state index contributed by atoms with van der Waals surface area (Å²) >= 11 is 6.81. The second-order valence-electron chi connectivity index (χ2n) is 8.25. The average Bonchev–Trinajstić information content (AvgIpc) is 3.08. The van der Waals surface area contributed by atoms with Crippen LogP contribution in [0.3, 0.4) is 0 Å². The Morgan fingerprint density at radius 3 is 2.48 bits per heavy atom. The van der Waals surface area contributed by atoms with Gasteiger partial charge in [-0.1, -0.05) is 56.6 Å². The summed E-state index contributed by atoms with van der Waals surface area (Å²) in [5.41, 5.74) is 1.15. The normalized spacial score (nSPS) is 17.8. The average molecular weight is 489 g/mol. The number of rotatable bonds is 9. The number of carbonyl (C=O) groups excluding carboxylic acids is 1. The Labute approximate surface area is 205 Å². The Balaban J connectivity index is 1.99. The van der Waals surface area contributed by atoms with Gasteiger partial charge < -0.3 is 9.64 Å². The molecular formula is C24H32N4O3S2. The number of hydrogen-bond donors (Lipinski definition) is 0. The van der Waals surface area contributed by atoms with E-state index in [-0.39, 0.29) is 17.0 Å². The maximum Gasteiger partial charge on any atom is 0.270 e. The van der Waals surface area contributed by atoms with Gasteiger partial charge in [-0.25, -0.2) is 0 Å². The van der Waals surface area contributed by atoms with Crippen LogP contribution >= 0.6 is 24.0 Å². The summed E-state index contributed by atoms with van der Waals surface area (Å²) in [6, 6.07) is 2.07. The van der Waals surface area contributed by atoms with E-state index in [2.05, 4.69) is 17.9 Å². The molecule has 33 heavy (non-hydrogen) atoms. The number of nitriles is 1. The minimum absolute atomic E-state index is 0.0967. The summed E-state index contributed by atoms with van der Waals surface area (Å²) in [6.07, 6.45) is 7.38. The maximum atomic E-state index is 13.2. The Hall–Kier alpha value is -2.15. The third-order valence-corrected chi connectivity index (χ3v) is 7.49. The summed E-state index contributed by atoms with van der Waals surface area (Å²) in [4.78, 5) is 30.6. The van der Waals surface area contributed by atoms with Crippen molar-refractivity contribution in [1.82, 2.24) is 9.47 Å². The van der Waals surface area contributed by atoms with Crippen LogP contribution in [0.15, 0.2) is 9.70 Å². The molecule has 0 unspecified atom stereocenters. The lowest BCUT2D eigenvalue weighted by Gasteiger charge is -2.33. The number of aromatic nitrogens is 1. The summed E-state index contributed by atoms with van der Waals surface area (Å²) < 4.78 is 7.70. The van der Waals surface area contributed by atoms with Crippen LogP contribution in [0, 0.1) is 18.3 Å². The number of hydrogen-bond acceptors (Lipinski definition) is 7. The smallest absolute Gasteiger partial charge is 0.270 e. The van der Waals surface area contributed by atoms with Gasteiger partial charge in [-0.05, 0) is 31.9 Å². The number of carbonyl (C=O) groups is 1. The predicted molar refractivity (Wildman–Crippen MR) is 137 cm³/mol. The first-order valence-corrected chi connectivity index (χ1v) is 12.9. The van der Waals surface area contributed by atoms with Crippen LogP contribution in [0.2, 0.25) is 0 Å². The van der Waals surface area contributed by atoms with Gasteiger partial charge in [0.1, 0.15) is 21.8 Å². The largest absolute Gasteiger partial charge is 0.378 e. The fourth-order valence-corrected chi connectivity index (χ4v) is 5.54. The zero-order valence-electron chi connectivity index (χ0n) is 19.7. The predicted octanol–water partition coefficient (Wildman–Crippen LogP) is 4.06. The molecule has 0 aromatic carbocycles. The van der Waals surface area contributed by atoms with Crippen molar-refractivity contribution in [3.8, 4) is 6.07 Å². The minimum atomic E-state index is -0.296. The van der Waals surface area contributed by atoms with Crippen LogP contribution in [-0.4, -0.2) is 52.5 Å². The molecule has 7 nitrogen and oxygen atoms in total. The van der Waals surface area contributed by atoms with Crippen LogP contribution < -0.4 is 10.5 Å². The second kappa shape index (κ2) is 11.8. The number of amides is 1. The zero-order valence-corrected chi connectivity index (χ0v) is 21.3. The molecule has 0 radical (unpaired) electrons. The van der Waals surface area contributed by atoms with Crippen LogP contribution in [-0.2, 0) is 16.1 Å². The van der Waals surface area contributed by atoms with Crippen molar-refractivity contribution in [2.75, 3.05) is 37.7 Å². The van der Waals surface area contributed by atoms with Gasteiger partial charge in [0, 0.05) is 31.7 Å². The van der Waals surface area contributed by atoms with Gasteiger partial charge in [-0.2, -0.15) is 5.26 Å². The lowest BCUT2D eigenvalue weighted by atomic mass is 10.0. The number of unbranched alkanes of at least 4 members (excludes halogenated alkanes) is 4. The van der Waals surface area contributed by atoms with Gasteiger partial charge in [-0.15, -0.1) is 0 Å². The first kappa shape index (κ1) is 25.5. The van der Waals surface area contributed by atoms with E-state index in [1.54, 1.807) is 16.4 Å². The van der Waals surface area contributed by atoms with Crippen molar-refractivity contribution in [3.05, 3.63) is 31.9 Å². The molecular weight excluding hydrogens is 456 g/mol. The lowest BCUT2D eigenvalue weighted by molar-refractivity contribution is -0.122. The number of nitrogens with zero attached hydrogens (tertiary/aromatic N) is 4. The van der Waals surface area contributed by atoms with Crippen molar-refractivity contribution in [1.29, 1.82) is 5.26 Å². The molecule has 3 rings (SSSR count). The number of thioether (sulfide) groups is 1. The number of thiocarbonyl (C=S) groups is 1. The molecule has 0 atom stereocenters. The molecule has 2 aliphatic rings. The van der Waals surface area contributed by atoms with E-state index in [1.165, 1.54) is 31.0 Å². The molecule has 0 spiro atoms. The number of pyridine rings is 1. The molecule has 2 fully saturated rings. The SMILES string of the molecule is CCCCCCCN1C(=O)/C(=C\c2c(C)c(C#N)c(=O)n(CC)c2N2CCOCC2)SC1=S. The van der Waals surface area contributed by atoms with Crippen molar-refractivity contribution in [2.45, 2.75) is 59.4 Å². The summed E-state index contributed by atoms with van der Waals surface area (Å²) in [6.45, 7) is 9.33. The highest BCUT2D eigenvalue weighted by molar-refractivity contribution is 8.26. The Morgan fingerprint density at radius 1 is 1.15 bits per heavy atom. The highest BCUT2D eigenvalue weighted by atomic mass is 32.2. The summed E-state index contributed by atoms with van der Waals surface area (Å²) in [5, 5.41) is 9.68. The molecule has 0 aliphatic carbocycles. The zero-order chi connectivity index (χ0) is 24.0. The molecule has 0 N–H and O–H groups in total. The van der Waals surface area contributed by atoms with E-state index in [0.29, 0.717) is 54.2 Å². The molecule has 1 aromatic rings. The van der Waals surface area contributed by atoms with Crippen molar-refractivity contribution in [3.63, 3.8) is 0 Å². The summed E-state index contributed by atoms with van der Waals surface area (Å²) in [5.74, 6) is 0.646. The lowest BCUT2D eigenvalue weighted by Crippen LogP contribution is -2.41. The second-order valence-corrected chi connectivity index (χ2v) is 9.92. The van der Waals surface area contributed by atoms with Gasteiger partial charge >= 0.3 is 0 Å². The van der Waals surface area contributed by atoms with E-state index < -0.39 is 0 Å². The van der Waals surface area contributed by atoms with Gasteiger partial charge in [-0.3, -0.25) is 19.1 Å². The Morgan fingerprint density at radius 2 is 1.85 bits per heavy atom. The van der Waals surface area contributed by atoms with Gasteiger partial charge in [0.2, 0.25) is 0 Å². The minimum Gasteiger partial charge on any atom is -0.378 e. The first-order valence-electron chi connectivity index (χ1n) is 11.7. The molecule has 2 saturated heterocycles. The van der Waals surface area contributed by atoms with Crippen molar-refractivity contribution < 1.29 is 9.53 Å². The highest BCUT2D eigenvalue weighted by Gasteiger charge is 2.33. The third kappa shape index (κ3) is 5.51. The fraction of sp³-hybridized carbons (Fsp3) is 0.583. The van der Waals surface area contributed by atoms with Crippen LogP contribution in [0.25, 0.3) is 6.08 Å². The molecule has 1 aromatic heterocycles. The van der Waals surface area contributed by atoms with Gasteiger partial charge in [0.25, 0.3) is 11.5 Å². The number of ether oxygens (including phenoxy) is 1. The van der Waals surface area contributed by atoms with E-state index in [4.69, 9.17) is 17.0 Å². The van der Waals surface area contributed by atoms with Crippen LogP contribution in [0.1, 0.15) is 62.6 Å². The molecule has 2 aliphatic heterocycles. The Kier molecular flexibility index (Phi) is 9.12. The standard InChI is InChI=1S/C24H32N4O3S2/c1-4-6-7-8-9-10-28-23(30)20(33-24(28)32)15-18-17(3)19(16-25)22(29)27(5-2)21(18)26-11-13-31-14-12-26/h15H,4-14H2,1-3H3/b20-15+. The molecule has 0 bridgehead atoms. The van der Waals surface area contributed by atoms with E-state index in [1.807, 2.05) is 13.0 Å². The molecule has 0 saturated carbocycles. The van der Waals surface area contributed by atoms with Gasteiger partial charge in [0.05, 0.1) is 18.1 Å². The topological polar surface area (TPSA) is 78.6 Å². The highest BCUT2D eigenvalue weighted by Crippen LogP contribution is 2.36. The quantitative estimate of drug-likeness (QED) is 0.295. The molecule has 3 heterocycles. The van der Waals surface area contributed by atoms with E-state index in [9.17, 15) is 14.9 Å².